The summed E-state index contributed by atoms with van der Waals surface area (Å²) in [5.74, 6) is -0.165. The number of aryl methyl sites for hydroxylation is 2. The molecule has 0 radical (unpaired) electrons. The summed E-state index contributed by atoms with van der Waals surface area (Å²) < 4.78 is 7.17. The van der Waals surface area contributed by atoms with Crippen molar-refractivity contribution in [3.8, 4) is 0 Å². The number of benzene rings is 1. The Labute approximate surface area is 125 Å². The van der Waals surface area contributed by atoms with Crippen LogP contribution in [-0.4, -0.2) is 27.3 Å². The summed E-state index contributed by atoms with van der Waals surface area (Å²) in [5.41, 5.74) is 1.96. The largest absolute Gasteiger partial charge is 0.465 e. The first kappa shape index (κ1) is 15.2. The van der Waals surface area contributed by atoms with Gasteiger partial charge >= 0.3 is 5.97 Å². The molecule has 0 aliphatic carbocycles. The maximum absolute atomic E-state index is 12.4. The van der Waals surface area contributed by atoms with Gasteiger partial charge in [0.2, 0.25) is 0 Å². The monoisotopic (exact) mass is 287 g/mol. The number of nitrogens with zero attached hydrogens (tertiary/aromatic N) is 3. The van der Waals surface area contributed by atoms with Crippen LogP contribution in [0.2, 0.25) is 0 Å². The van der Waals surface area contributed by atoms with Gasteiger partial charge in [-0.25, -0.2) is 0 Å². The molecular weight excluding hydrogens is 266 g/mol. The van der Waals surface area contributed by atoms with E-state index < -0.39 is 5.92 Å². The van der Waals surface area contributed by atoms with E-state index in [-0.39, 0.29) is 5.97 Å². The molecule has 1 aromatic carbocycles. The lowest BCUT2D eigenvalue weighted by molar-refractivity contribution is -0.144. The van der Waals surface area contributed by atoms with Crippen molar-refractivity contribution in [3.05, 3.63) is 47.5 Å². The van der Waals surface area contributed by atoms with E-state index >= 15 is 0 Å². The van der Waals surface area contributed by atoms with Gasteiger partial charge in [0.05, 0.1) is 6.61 Å². The molecule has 0 N–H and O–H groups in total. The Morgan fingerprint density at radius 1 is 1.33 bits per heavy atom. The van der Waals surface area contributed by atoms with Gasteiger partial charge in [0.15, 0.2) is 5.82 Å². The Bertz CT molecular complexity index is 607. The van der Waals surface area contributed by atoms with Crippen molar-refractivity contribution in [2.45, 2.75) is 39.7 Å². The molecule has 1 atom stereocenters. The summed E-state index contributed by atoms with van der Waals surface area (Å²) in [7, 11) is 0. The third kappa shape index (κ3) is 3.29. The van der Waals surface area contributed by atoms with Crippen molar-refractivity contribution in [1.29, 1.82) is 0 Å². The van der Waals surface area contributed by atoms with E-state index in [2.05, 4.69) is 17.1 Å². The fourth-order valence-corrected chi connectivity index (χ4v) is 2.41. The minimum atomic E-state index is -0.528. The highest BCUT2D eigenvalue weighted by Gasteiger charge is 2.30. The van der Waals surface area contributed by atoms with E-state index in [0.29, 0.717) is 12.4 Å². The van der Waals surface area contributed by atoms with E-state index in [9.17, 15) is 4.79 Å². The summed E-state index contributed by atoms with van der Waals surface area (Å²) in [4.78, 5) is 12.4. The van der Waals surface area contributed by atoms with Gasteiger partial charge in [-0.15, -0.1) is 10.2 Å². The van der Waals surface area contributed by atoms with Gasteiger partial charge in [0, 0.05) is 6.54 Å². The predicted molar refractivity (Wildman–Crippen MR) is 80.0 cm³/mol. The van der Waals surface area contributed by atoms with Gasteiger partial charge in [-0.05, 0) is 31.4 Å². The molecule has 0 saturated heterocycles. The molecule has 1 unspecified atom stereocenters. The fraction of sp³-hybridized carbons (Fsp3) is 0.438. The summed E-state index contributed by atoms with van der Waals surface area (Å²) in [6.07, 6.45) is 2.62. The quantitative estimate of drug-likeness (QED) is 0.766. The van der Waals surface area contributed by atoms with Crippen LogP contribution in [-0.2, 0) is 16.1 Å². The summed E-state index contributed by atoms with van der Waals surface area (Å²) >= 11 is 0. The van der Waals surface area contributed by atoms with Crippen molar-refractivity contribution in [2.24, 2.45) is 0 Å². The maximum Gasteiger partial charge on any atom is 0.321 e. The first-order valence-electron chi connectivity index (χ1n) is 7.28. The van der Waals surface area contributed by atoms with E-state index in [1.54, 1.807) is 6.33 Å². The van der Waals surface area contributed by atoms with Crippen LogP contribution in [0.5, 0.6) is 0 Å². The Kier molecular flexibility index (Phi) is 5.09. The van der Waals surface area contributed by atoms with Gasteiger partial charge in [0.1, 0.15) is 12.2 Å². The van der Waals surface area contributed by atoms with Crippen LogP contribution in [0.1, 0.15) is 43.1 Å². The average molecular weight is 287 g/mol. The highest BCUT2D eigenvalue weighted by molar-refractivity contribution is 5.81. The molecule has 0 bridgehead atoms. The standard InChI is InChI=1S/C16H21N3O2/c1-4-10-19-11-17-18-15(19)14(16(20)21-5-2)13-9-7-6-8-12(13)3/h6-9,11,14H,4-5,10H2,1-3H3. The van der Waals surface area contributed by atoms with Crippen LogP contribution in [0, 0.1) is 6.92 Å². The molecule has 0 spiro atoms. The molecule has 1 aromatic heterocycles. The van der Waals surface area contributed by atoms with Crippen molar-refractivity contribution in [3.63, 3.8) is 0 Å². The molecule has 21 heavy (non-hydrogen) atoms. The molecular formula is C16H21N3O2. The number of esters is 1. The zero-order valence-electron chi connectivity index (χ0n) is 12.7. The van der Waals surface area contributed by atoms with Gasteiger partial charge in [-0.2, -0.15) is 0 Å². The minimum absolute atomic E-state index is 0.280. The second-order valence-corrected chi connectivity index (χ2v) is 4.92. The Morgan fingerprint density at radius 3 is 2.76 bits per heavy atom. The maximum atomic E-state index is 12.4. The third-order valence-electron chi connectivity index (χ3n) is 3.39. The molecule has 0 aliphatic rings. The second kappa shape index (κ2) is 7.02. The fourth-order valence-electron chi connectivity index (χ4n) is 2.41. The zero-order valence-corrected chi connectivity index (χ0v) is 12.7. The van der Waals surface area contributed by atoms with E-state index in [1.165, 1.54) is 0 Å². The van der Waals surface area contributed by atoms with Crippen molar-refractivity contribution < 1.29 is 9.53 Å². The molecule has 2 aromatic rings. The van der Waals surface area contributed by atoms with Gasteiger partial charge in [-0.3, -0.25) is 4.79 Å². The molecule has 0 amide bonds. The number of ether oxygens (including phenoxy) is 1. The van der Waals surface area contributed by atoms with Crippen LogP contribution in [0.15, 0.2) is 30.6 Å². The lowest BCUT2D eigenvalue weighted by atomic mass is 9.94. The molecule has 5 heteroatoms. The smallest absolute Gasteiger partial charge is 0.321 e. The highest BCUT2D eigenvalue weighted by Crippen LogP contribution is 2.27. The first-order valence-corrected chi connectivity index (χ1v) is 7.28. The summed E-state index contributed by atoms with van der Waals surface area (Å²) in [6.45, 7) is 7.01. The van der Waals surface area contributed by atoms with Gasteiger partial charge in [0.25, 0.3) is 0 Å². The molecule has 5 nitrogen and oxygen atoms in total. The minimum Gasteiger partial charge on any atom is -0.465 e. The molecule has 1 heterocycles. The van der Waals surface area contributed by atoms with E-state index in [0.717, 1.165) is 24.1 Å². The first-order chi connectivity index (χ1) is 10.2. The van der Waals surface area contributed by atoms with Crippen LogP contribution < -0.4 is 0 Å². The lowest BCUT2D eigenvalue weighted by Crippen LogP contribution is -2.22. The third-order valence-corrected chi connectivity index (χ3v) is 3.39. The average Bonchev–Trinajstić information content (AvgIpc) is 2.90. The van der Waals surface area contributed by atoms with Gasteiger partial charge < -0.3 is 9.30 Å². The number of carbonyl (C=O) groups is 1. The number of aromatic nitrogens is 3. The predicted octanol–water partition coefficient (Wildman–Crippen LogP) is 2.69. The van der Waals surface area contributed by atoms with E-state index in [1.807, 2.05) is 42.7 Å². The highest BCUT2D eigenvalue weighted by atomic mass is 16.5. The molecule has 0 aliphatic heterocycles. The number of hydrogen-bond donors (Lipinski definition) is 0. The van der Waals surface area contributed by atoms with Crippen molar-refractivity contribution >= 4 is 5.97 Å². The number of hydrogen-bond acceptors (Lipinski definition) is 4. The summed E-state index contributed by atoms with van der Waals surface area (Å²) in [6, 6.07) is 7.82. The second-order valence-electron chi connectivity index (χ2n) is 4.92. The number of carbonyl (C=O) groups excluding carboxylic acids is 1. The Balaban J connectivity index is 2.48. The van der Waals surface area contributed by atoms with Crippen molar-refractivity contribution in [1.82, 2.24) is 14.8 Å². The van der Waals surface area contributed by atoms with Crippen LogP contribution in [0.25, 0.3) is 0 Å². The zero-order chi connectivity index (χ0) is 15.2. The van der Waals surface area contributed by atoms with Crippen LogP contribution in [0.4, 0.5) is 0 Å². The molecule has 0 saturated carbocycles. The topological polar surface area (TPSA) is 57.0 Å². The molecule has 2 rings (SSSR count). The van der Waals surface area contributed by atoms with Crippen LogP contribution >= 0.6 is 0 Å². The molecule has 0 fully saturated rings. The lowest BCUT2D eigenvalue weighted by Gasteiger charge is -2.18. The Morgan fingerprint density at radius 2 is 2.10 bits per heavy atom. The normalized spacial score (nSPS) is 12.1. The SMILES string of the molecule is CCCn1cnnc1C(C(=O)OCC)c1ccccc1C. The van der Waals surface area contributed by atoms with Gasteiger partial charge in [-0.1, -0.05) is 31.2 Å². The molecule has 112 valence electrons. The summed E-state index contributed by atoms with van der Waals surface area (Å²) in [5, 5.41) is 8.13. The van der Waals surface area contributed by atoms with E-state index in [4.69, 9.17) is 4.74 Å². The van der Waals surface area contributed by atoms with Crippen LogP contribution in [0.3, 0.4) is 0 Å². The Hall–Kier alpha value is -2.17. The van der Waals surface area contributed by atoms with Crippen molar-refractivity contribution in [2.75, 3.05) is 6.61 Å². The number of rotatable bonds is 6.